The van der Waals surface area contributed by atoms with Gasteiger partial charge in [0.2, 0.25) is 5.03 Å². The molecule has 0 aliphatic heterocycles. The SMILES string of the molecule is Cn1cnc(S(=O)(=O)NCc2cccc([N+](=O)[O-])c2)c1Cl. The van der Waals surface area contributed by atoms with Crippen molar-refractivity contribution in [2.24, 2.45) is 7.05 Å². The van der Waals surface area contributed by atoms with Gasteiger partial charge >= 0.3 is 0 Å². The van der Waals surface area contributed by atoms with Crippen LogP contribution in [0.2, 0.25) is 5.15 Å². The van der Waals surface area contributed by atoms with E-state index in [4.69, 9.17) is 11.6 Å². The van der Waals surface area contributed by atoms with Crippen LogP contribution in [0.15, 0.2) is 35.6 Å². The molecule has 0 saturated heterocycles. The molecule has 0 fully saturated rings. The lowest BCUT2D eigenvalue weighted by molar-refractivity contribution is -0.384. The van der Waals surface area contributed by atoms with E-state index in [0.717, 1.165) is 0 Å². The second kappa shape index (κ2) is 5.80. The number of nitrogens with one attached hydrogen (secondary N) is 1. The summed E-state index contributed by atoms with van der Waals surface area (Å²) in [5.74, 6) is 0. The summed E-state index contributed by atoms with van der Waals surface area (Å²) in [6.07, 6.45) is 1.28. The van der Waals surface area contributed by atoms with E-state index in [0.29, 0.717) is 5.56 Å². The normalized spacial score (nSPS) is 11.5. The van der Waals surface area contributed by atoms with E-state index in [2.05, 4.69) is 9.71 Å². The molecule has 8 nitrogen and oxygen atoms in total. The molecule has 0 radical (unpaired) electrons. The van der Waals surface area contributed by atoms with Crippen LogP contribution in [0.3, 0.4) is 0 Å². The smallest absolute Gasteiger partial charge is 0.269 e. The van der Waals surface area contributed by atoms with Gasteiger partial charge in [-0.25, -0.2) is 18.1 Å². The standard InChI is InChI=1S/C11H11ClN4O4S/c1-15-7-13-11(10(15)12)21(19,20)14-6-8-3-2-4-9(5-8)16(17)18/h2-5,7,14H,6H2,1H3. The average Bonchev–Trinajstić information content (AvgIpc) is 2.78. The third kappa shape index (κ3) is 3.38. The van der Waals surface area contributed by atoms with Crippen molar-refractivity contribution in [2.45, 2.75) is 11.6 Å². The van der Waals surface area contributed by atoms with Crippen LogP contribution in [0.25, 0.3) is 0 Å². The summed E-state index contributed by atoms with van der Waals surface area (Å²) in [5, 5.41) is 10.4. The highest BCUT2D eigenvalue weighted by Gasteiger charge is 2.22. The van der Waals surface area contributed by atoms with Gasteiger partial charge in [-0.15, -0.1) is 0 Å². The van der Waals surface area contributed by atoms with E-state index in [1.165, 1.54) is 29.1 Å². The molecule has 0 aliphatic rings. The molecule has 21 heavy (non-hydrogen) atoms. The minimum absolute atomic E-state index is 0.0125. The molecular weight excluding hydrogens is 320 g/mol. The predicted molar refractivity (Wildman–Crippen MR) is 75.3 cm³/mol. The van der Waals surface area contributed by atoms with Gasteiger partial charge < -0.3 is 4.57 Å². The highest BCUT2D eigenvalue weighted by atomic mass is 35.5. The number of non-ortho nitro benzene ring substituents is 1. The third-order valence-electron chi connectivity index (χ3n) is 2.68. The lowest BCUT2D eigenvalue weighted by Gasteiger charge is -2.05. The van der Waals surface area contributed by atoms with E-state index in [1.54, 1.807) is 13.1 Å². The van der Waals surface area contributed by atoms with Gasteiger partial charge in [0, 0.05) is 25.7 Å². The van der Waals surface area contributed by atoms with Crippen LogP contribution >= 0.6 is 11.6 Å². The molecule has 0 amide bonds. The van der Waals surface area contributed by atoms with Crippen molar-refractivity contribution in [3.63, 3.8) is 0 Å². The summed E-state index contributed by atoms with van der Waals surface area (Å²) in [6.45, 7) is -0.100. The maximum Gasteiger partial charge on any atom is 0.269 e. The van der Waals surface area contributed by atoms with Crippen molar-refractivity contribution < 1.29 is 13.3 Å². The van der Waals surface area contributed by atoms with Gasteiger partial charge in [0.25, 0.3) is 15.7 Å². The number of hydrogen-bond acceptors (Lipinski definition) is 5. The van der Waals surface area contributed by atoms with Crippen LogP contribution in [0.5, 0.6) is 0 Å². The Labute approximate surface area is 125 Å². The van der Waals surface area contributed by atoms with Crippen LogP contribution in [-0.4, -0.2) is 22.9 Å². The molecule has 1 N–H and O–H groups in total. The number of halogens is 1. The summed E-state index contributed by atoms with van der Waals surface area (Å²) in [4.78, 5) is 13.8. The molecule has 0 saturated carbocycles. The molecular formula is C11H11ClN4O4S. The quantitative estimate of drug-likeness (QED) is 0.659. The number of sulfonamides is 1. The Balaban J connectivity index is 2.17. The molecule has 112 valence electrons. The molecule has 2 aromatic rings. The fraction of sp³-hybridized carbons (Fsp3) is 0.182. The van der Waals surface area contributed by atoms with Gasteiger partial charge in [-0.3, -0.25) is 10.1 Å². The van der Waals surface area contributed by atoms with Crippen LogP contribution < -0.4 is 4.72 Å². The molecule has 0 spiro atoms. The Kier molecular flexibility index (Phi) is 4.26. The second-order valence-electron chi connectivity index (χ2n) is 4.20. The summed E-state index contributed by atoms with van der Waals surface area (Å²) in [5.41, 5.74) is 0.349. The Hall–Kier alpha value is -1.97. The number of rotatable bonds is 5. The number of benzene rings is 1. The molecule has 1 heterocycles. The molecule has 2 rings (SSSR count). The highest BCUT2D eigenvalue weighted by molar-refractivity contribution is 7.89. The minimum Gasteiger partial charge on any atom is -0.324 e. The van der Waals surface area contributed by atoms with Gasteiger partial charge in [-0.2, -0.15) is 0 Å². The largest absolute Gasteiger partial charge is 0.324 e. The molecule has 1 aromatic carbocycles. The molecule has 0 bridgehead atoms. The zero-order valence-electron chi connectivity index (χ0n) is 10.9. The van der Waals surface area contributed by atoms with Gasteiger partial charge in [-0.05, 0) is 5.56 Å². The van der Waals surface area contributed by atoms with E-state index in [9.17, 15) is 18.5 Å². The number of aryl methyl sites for hydroxylation is 1. The maximum absolute atomic E-state index is 12.1. The highest BCUT2D eigenvalue weighted by Crippen LogP contribution is 2.19. The minimum atomic E-state index is -3.89. The first-order valence-electron chi connectivity index (χ1n) is 5.71. The van der Waals surface area contributed by atoms with Crippen molar-refractivity contribution in [1.29, 1.82) is 0 Å². The first-order chi connectivity index (χ1) is 9.81. The summed E-state index contributed by atoms with van der Waals surface area (Å²) in [7, 11) is -2.32. The number of nitrogens with zero attached hydrogens (tertiary/aromatic N) is 3. The Morgan fingerprint density at radius 2 is 2.19 bits per heavy atom. The predicted octanol–water partition coefficient (Wildman–Crippen LogP) is 1.46. The van der Waals surface area contributed by atoms with Crippen LogP contribution in [-0.2, 0) is 23.6 Å². The molecule has 0 aliphatic carbocycles. The zero-order chi connectivity index (χ0) is 15.6. The van der Waals surface area contributed by atoms with Crippen molar-refractivity contribution >= 4 is 27.3 Å². The fourth-order valence-electron chi connectivity index (χ4n) is 1.60. The molecule has 1 aromatic heterocycles. The average molecular weight is 331 g/mol. The second-order valence-corrected chi connectivity index (χ2v) is 6.24. The summed E-state index contributed by atoms with van der Waals surface area (Å²) >= 11 is 5.83. The van der Waals surface area contributed by atoms with E-state index in [-0.39, 0.29) is 22.4 Å². The topological polar surface area (TPSA) is 107 Å². The number of hydrogen-bond donors (Lipinski definition) is 1. The van der Waals surface area contributed by atoms with Crippen LogP contribution in [0.4, 0.5) is 5.69 Å². The van der Waals surface area contributed by atoms with Crippen molar-refractivity contribution in [3.05, 3.63) is 51.4 Å². The Morgan fingerprint density at radius 1 is 1.48 bits per heavy atom. The lowest BCUT2D eigenvalue weighted by atomic mass is 10.2. The number of nitro groups is 1. The van der Waals surface area contributed by atoms with E-state index < -0.39 is 14.9 Å². The third-order valence-corrected chi connectivity index (χ3v) is 4.57. The lowest BCUT2D eigenvalue weighted by Crippen LogP contribution is -2.24. The van der Waals surface area contributed by atoms with E-state index in [1.807, 2.05) is 0 Å². The molecule has 0 atom stereocenters. The summed E-state index contributed by atoms with van der Waals surface area (Å²) < 4.78 is 27.8. The molecule has 10 heteroatoms. The van der Waals surface area contributed by atoms with Gasteiger partial charge in [0.15, 0.2) is 0 Å². The fourth-order valence-corrected chi connectivity index (χ4v) is 3.04. The number of imidazole rings is 1. The van der Waals surface area contributed by atoms with Gasteiger partial charge in [-0.1, -0.05) is 23.7 Å². The monoisotopic (exact) mass is 330 g/mol. The van der Waals surface area contributed by atoms with Crippen LogP contribution in [0.1, 0.15) is 5.56 Å². The van der Waals surface area contributed by atoms with Crippen LogP contribution in [0, 0.1) is 10.1 Å². The van der Waals surface area contributed by atoms with E-state index >= 15 is 0 Å². The zero-order valence-corrected chi connectivity index (χ0v) is 12.4. The summed E-state index contributed by atoms with van der Waals surface area (Å²) in [6, 6.07) is 5.68. The number of aromatic nitrogens is 2. The number of nitro benzene ring substituents is 1. The first kappa shape index (κ1) is 15.4. The van der Waals surface area contributed by atoms with Crippen molar-refractivity contribution in [1.82, 2.24) is 14.3 Å². The first-order valence-corrected chi connectivity index (χ1v) is 7.57. The maximum atomic E-state index is 12.1. The van der Waals surface area contributed by atoms with Crippen molar-refractivity contribution in [3.8, 4) is 0 Å². The van der Waals surface area contributed by atoms with Crippen molar-refractivity contribution in [2.75, 3.05) is 0 Å². The van der Waals surface area contributed by atoms with Gasteiger partial charge in [0.1, 0.15) is 5.15 Å². The van der Waals surface area contributed by atoms with Gasteiger partial charge in [0.05, 0.1) is 11.3 Å². The molecule has 0 unspecified atom stereocenters. The Morgan fingerprint density at radius 3 is 2.76 bits per heavy atom. The Bertz CT molecular complexity index is 787.